The fraction of sp³-hybridized carbons (Fsp3) is 0.200. The zero-order valence-electron chi connectivity index (χ0n) is 7.98. The van der Waals surface area contributed by atoms with E-state index in [4.69, 9.17) is 23.2 Å². The van der Waals surface area contributed by atoms with Gasteiger partial charge in [-0.3, -0.25) is 9.59 Å². The molecule has 1 aliphatic rings. The van der Waals surface area contributed by atoms with Gasteiger partial charge in [0.05, 0.1) is 12.1 Å². The minimum atomic E-state index is -1.27. The minimum Gasteiger partial charge on any atom is -0.383 e. The van der Waals surface area contributed by atoms with Gasteiger partial charge < -0.3 is 5.11 Å². The van der Waals surface area contributed by atoms with Crippen molar-refractivity contribution in [2.45, 2.75) is 12.5 Å². The van der Waals surface area contributed by atoms with E-state index in [1.54, 1.807) is 0 Å². The molecule has 1 saturated heterocycles. The van der Waals surface area contributed by atoms with E-state index < -0.39 is 17.9 Å². The maximum absolute atomic E-state index is 11.5. The van der Waals surface area contributed by atoms with E-state index in [2.05, 4.69) is 0 Å². The summed E-state index contributed by atoms with van der Waals surface area (Å²) in [6.45, 7) is 0. The maximum Gasteiger partial charge on any atom is 0.263 e. The van der Waals surface area contributed by atoms with Crippen LogP contribution in [0.1, 0.15) is 6.42 Å². The van der Waals surface area contributed by atoms with Gasteiger partial charge in [-0.1, -0.05) is 23.2 Å². The molecular weight excluding hydrogens is 253 g/mol. The number of nitrogens with zero attached hydrogens (tertiary/aromatic N) is 1. The van der Waals surface area contributed by atoms with Crippen LogP contribution < -0.4 is 4.90 Å². The Balaban J connectivity index is 2.44. The van der Waals surface area contributed by atoms with Crippen LogP contribution in [0.5, 0.6) is 0 Å². The van der Waals surface area contributed by atoms with Gasteiger partial charge in [-0.05, 0) is 18.2 Å². The molecule has 1 aromatic rings. The molecule has 1 fully saturated rings. The highest BCUT2D eigenvalue weighted by Crippen LogP contribution is 2.29. The molecule has 1 aromatic carbocycles. The number of hydrogen-bond donors (Lipinski definition) is 1. The van der Waals surface area contributed by atoms with Gasteiger partial charge in [-0.15, -0.1) is 0 Å². The molecule has 0 unspecified atom stereocenters. The summed E-state index contributed by atoms with van der Waals surface area (Å²) >= 11 is 11.5. The Bertz CT molecular complexity index is 455. The largest absolute Gasteiger partial charge is 0.383 e. The molecule has 6 heteroatoms. The maximum atomic E-state index is 11.5. The Morgan fingerprint density at radius 3 is 2.19 bits per heavy atom. The van der Waals surface area contributed by atoms with Gasteiger partial charge in [0.25, 0.3) is 5.91 Å². The first-order chi connectivity index (χ1) is 7.49. The fourth-order valence-electron chi connectivity index (χ4n) is 1.56. The summed E-state index contributed by atoms with van der Waals surface area (Å²) < 4.78 is 0. The highest BCUT2D eigenvalue weighted by Gasteiger charge is 2.38. The van der Waals surface area contributed by atoms with Crippen LogP contribution in [0.3, 0.4) is 0 Å². The topological polar surface area (TPSA) is 57.6 Å². The molecular formula is C10H7Cl2NO3. The first-order valence-corrected chi connectivity index (χ1v) is 5.25. The van der Waals surface area contributed by atoms with Crippen molar-refractivity contribution >= 4 is 40.7 Å². The molecule has 1 aliphatic heterocycles. The van der Waals surface area contributed by atoms with Gasteiger partial charge >= 0.3 is 0 Å². The molecule has 16 heavy (non-hydrogen) atoms. The van der Waals surface area contributed by atoms with Crippen LogP contribution in [0.4, 0.5) is 5.69 Å². The summed E-state index contributed by atoms with van der Waals surface area (Å²) in [5, 5.41) is 9.91. The van der Waals surface area contributed by atoms with Crippen LogP contribution in [-0.4, -0.2) is 23.0 Å². The zero-order chi connectivity index (χ0) is 11.9. The highest BCUT2D eigenvalue weighted by atomic mass is 35.5. The number of rotatable bonds is 1. The lowest BCUT2D eigenvalue weighted by molar-refractivity contribution is -0.124. The molecule has 0 spiro atoms. The monoisotopic (exact) mass is 259 g/mol. The van der Waals surface area contributed by atoms with E-state index in [0.717, 1.165) is 4.90 Å². The Labute approximate surface area is 101 Å². The van der Waals surface area contributed by atoms with Gasteiger partial charge in [0.15, 0.2) is 0 Å². The van der Waals surface area contributed by atoms with Crippen LogP contribution in [0.2, 0.25) is 10.0 Å². The lowest BCUT2D eigenvalue weighted by Gasteiger charge is -2.14. The molecule has 0 bridgehead atoms. The van der Waals surface area contributed by atoms with Crippen LogP contribution in [0, 0.1) is 0 Å². The van der Waals surface area contributed by atoms with Crippen molar-refractivity contribution in [3.05, 3.63) is 28.2 Å². The molecule has 4 nitrogen and oxygen atoms in total. The molecule has 84 valence electrons. The summed E-state index contributed by atoms with van der Waals surface area (Å²) in [5.41, 5.74) is 0.282. The quantitative estimate of drug-likeness (QED) is 0.780. The third-order valence-corrected chi connectivity index (χ3v) is 2.66. The summed E-state index contributed by atoms with van der Waals surface area (Å²) in [6, 6.07) is 4.39. The Morgan fingerprint density at radius 1 is 1.19 bits per heavy atom. The van der Waals surface area contributed by atoms with Gasteiger partial charge in [0, 0.05) is 10.0 Å². The molecule has 2 amide bonds. The van der Waals surface area contributed by atoms with Crippen molar-refractivity contribution in [3.8, 4) is 0 Å². The second-order valence-electron chi connectivity index (χ2n) is 3.41. The minimum absolute atomic E-state index is 0.205. The van der Waals surface area contributed by atoms with Crippen LogP contribution in [-0.2, 0) is 9.59 Å². The SMILES string of the molecule is O=C1C[C@@H](O)C(=O)N1c1cc(Cl)cc(Cl)c1. The van der Waals surface area contributed by atoms with E-state index in [-0.39, 0.29) is 12.1 Å². The first kappa shape index (κ1) is 11.4. The van der Waals surface area contributed by atoms with Gasteiger partial charge in [0.1, 0.15) is 6.10 Å². The smallest absolute Gasteiger partial charge is 0.263 e. The van der Waals surface area contributed by atoms with Crippen molar-refractivity contribution in [2.75, 3.05) is 4.90 Å². The average Bonchev–Trinajstić information content (AvgIpc) is 2.39. The molecule has 0 aliphatic carbocycles. The van der Waals surface area contributed by atoms with Crippen molar-refractivity contribution in [1.29, 1.82) is 0 Å². The van der Waals surface area contributed by atoms with Gasteiger partial charge in [-0.2, -0.15) is 0 Å². The average molecular weight is 260 g/mol. The third-order valence-electron chi connectivity index (χ3n) is 2.23. The Morgan fingerprint density at radius 2 is 1.75 bits per heavy atom. The first-order valence-electron chi connectivity index (χ1n) is 4.50. The van der Waals surface area contributed by atoms with Crippen LogP contribution >= 0.6 is 23.2 Å². The van der Waals surface area contributed by atoms with E-state index in [1.807, 2.05) is 0 Å². The number of imide groups is 1. The van der Waals surface area contributed by atoms with E-state index in [9.17, 15) is 14.7 Å². The lowest BCUT2D eigenvalue weighted by atomic mass is 10.3. The van der Waals surface area contributed by atoms with E-state index in [1.165, 1.54) is 18.2 Å². The molecule has 0 saturated carbocycles. The molecule has 2 rings (SSSR count). The highest BCUT2D eigenvalue weighted by molar-refractivity contribution is 6.35. The molecule has 1 heterocycles. The Hall–Kier alpha value is -1.10. The predicted octanol–water partition coefficient (Wildman–Crippen LogP) is 1.62. The number of carbonyl (C=O) groups is 2. The summed E-state index contributed by atoms with van der Waals surface area (Å²) in [7, 11) is 0. The number of aliphatic hydroxyl groups excluding tert-OH is 1. The molecule has 1 N–H and O–H groups in total. The number of amides is 2. The van der Waals surface area contributed by atoms with Crippen molar-refractivity contribution < 1.29 is 14.7 Å². The Kier molecular flexibility index (Phi) is 2.88. The number of benzene rings is 1. The second kappa shape index (κ2) is 4.05. The fourth-order valence-corrected chi connectivity index (χ4v) is 2.07. The normalized spacial score (nSPS) is 20.7. The number of hydrogen-bond acceptors (Lipinski definition) is 3. The lowest BCUT2D eigenvalue weighted by Crippen LogP contribution is -2.31. The second-order valence-corrected chi connectivity index (χ2v) is 4.29. The van der Waals surface area contributed by atoms with Crippen molar-refractivity contribution in [3.63, 3.8) is 0 Å². The summed E-state index contributed by atoms with van der Waals surface area (Å²) in [4.78, 5) is 23.9. The van der Waals surface area contributed by atoms with E-state index in [0.29, 0.717) is 10.0 Å². The van der Waals surface area contributed by atoms with Crippen molar-refractivity contribution in [1.82, 2.24) is 0 Å². The number of aliphatic hydroxyl groups is 1. The van der Waals surface area contributed by atoms with Gasteiger partial charge in [-0.25, -0.2) is 4.90 Å². The summed E-state index contributed by atoms with van der Waals surface area (Å²) in [5.74, 6) is -1.11. The molecule has 0 radical (unpaired) electrons. The third kappa shape index (κ3) is 1.91. The summed E-state index contributed by atoms with van der Waals surface area (Å²) in [6.07, 6.45) is -1.48. The van der Waals surface area contributed by atoms with Crippen LogP contribution in [0.25, 0.3) is 0 Å². The number of anilines is 1. The van der Waals surface area contributed by atoms with Crippen molar-refractivity contribution in [2.24, 2.45) is 0 Å². The predicted molar refractivity (Wildman–Crippen MR) is 59.6 cm³/mol. The molecule has 1 atom stereocenters. The van der Waals surface area contributed by atoms with Gasteiger partial charge in [0.2, 0.25) is 5.91 Å². The standard InChI is InChI=1S/C10H7Cl2NO3/c11-5-1-6(12)3-7(2-5)13-9(15)4-8(14)10(13)16/h1-3,8,14H,4H2/t8-/m1/s1. The van der Waals surface area contributed by atoms with E-state index >= 15 is 0 Å². The number of carbonyl (C=O) groups excluding carboxylic acids is 2. The molecule has 0 aromatic heterocycles. The number of halogens is 2. The zero-order valence-corrected chi connectivity index (χ0v) is 9.50. The van der Waals surface area contributed by atoms with Crippen LogP contribution in [0.15, 0.2) is 18.2 Å².